The van der Waals surface area contributed by atoms with Crippen LogP contribution in [0.5, 0.6) is 0 Å². The maximum absolute atomic E-state index is 11.8. The molecule has 0 aromatic rings. The Morgan fingerprint density at radius 3 is 2.65 bits per heavy atom. The number of rotatable bonds is 0. The molecule has 0 spiro atoms. The van der Waals surface area contributed by atoms with Crippen LogP contribution >= 0.6 is 0 Å². The van der Waals surface area contributed by atoms with E-state index in [1.54, 1.807) is 0 Å². The molecule has 17 heavy (non-hydrogen) atoms. The monoisotopic (exact) mass is 236 g/mol. The fourth-order valence-corrected chi connectivity index (χ4v) is 1.98. The molecule has 1 rings (SSSR count). The molecule has 0 fully saturated rings. The number of aliphatic hydroxyl groups is 1. The van der Waals surface area contributed by atoms with Crippen LogP contribution in [0.15, 0.2) is 24.3 Å². The Labute approximate surface area is 104 Å². The highest BCUT2D eigenvalue weighted by molar-refractivity contribution is 5.94. The van der Waals surface area contributed by atoms with E-state index in [1.807, 2.05) is 13.8 Å². The van der Waals surface area contributed by atoms with E-state index in [1.165, 1.54) is 0 Å². The Balaban J connectivity index is 2.85. The van der Waals surface area contributed by atoms with Crippen molar-refractivity contribution < 1.29 is 9.90 Å². The van der Waals surface area contributed by atoms with Crippen molar-refractivity contribution in [3.8, 4) is 0 Å². The van der Waals surface area contributed by atoms with Crippen LogP contribution in [-0.2, 0) is 4.79 Å². The normalized spacial score (nSPS) is 32.9. The summed E-state index contributed by atoms with van der Waals surface area (Å²) >= 11 is 0. The molecule has 2 heteroatoms. The molecule has 0 saturated heterocycles. The summed E-state index contributed by atoms with van der Waals surface area (Å²) in [5.41, 5.74) is 0.427. The van der Waals surface area contributed by atoms with E-state index in [9.17, 15) is 9.90 Å². The summed E-state index contributed by atoms with van der Waals surface area (Å²) in [5, 5.41) is 10.1. The first-order chi connectivity index (χ1) is 7.83. The SMILES string of the molecule is C=C1CC[C@@H](O)C(C)(C)/C=C\[C@@H](C)CCC1=O. The number of ketones is 1. The molecular weight excluding hydrogens is 212 g/mol. The van der Waals surface area contributed by atoms with Gasteiger partial charge in [0.15, 0.2) is 5.78 Å². The zero-order chi connectivity index (χ0) is 13.1. The maximum Gasteiger partial charge on any atom is 0.158 e. The minimum absolute atomic E-state index is 0.150. The fraction of sp³-hybridized carbons (Fsp3) is 0.667. The number of hydrogen-bond acceptors (Lipinski definition) is 2. The highest BCUT2D eigenvalue weighted by Gasteiger charge is 2.26. The van der Waals surface area contributed by atoms with Gasteiger partial charge < -0.3 is 5.11 Å². The summed E-state index contributed by atoms with van der Waals surface area (Å²) in [5.74, 6) is 0.522. The number of hydrogen-bond donors (Lipinski definition) is 1. The van der Waals surface area contributed by atoms with Gasteiger partial charge in [0.2, 0.25) is 0 Å². The molecule has 0 bridgehead atoms. The summed E-state index contributed by atoms with van der Waals surface area (Å²) in [6, 6.07) is 0. The van der Waals surface area contributed by atoms with Gasteiger partial charge in [-0.05, 0) is 30.8 Å². The van der Waals surface area contributed by atoms with Crippen LogP contribution in [0.4, 0.5) is 0 Å². The van der Waals surface area contributed by atoms with Crippen LogP contribution in [0.25, 0.3) is 0 Å². The first-order valence-electron chi connectivity index (χ1n) is 6.41. The van der Waals surface area contributed by atoms with Crippen molar-refractivity contribution >= 4 is 5.78 Å². The third-order valence-corrected chi connectivity index (χ3v) is 3.65. The average Bonchev–Trinajstić information content (AvgIpc) is 2.29. The highest BCUT2D eigenvalue weighted by Crippen LogP contribution is 2.29. The molecule has 2 nitrogen and oxygen atoms in total. The highest BCUT2D eigenvalue weighted by atomic mass is 16.3. The lowest BCUT2D eigenvalue weighted by molar-refractivity contribution is -0.115. The third-order valence-electron chi connectivity index (χ3n) is 3.65. The van der Waals surface area contributed by atoms with Gasteiger partial charge in [0.05, 0.1) is 6.10 Å². The number of carbonyl (C=O) groups is 1. The summed E-state index contributed by atoms with van der Waals surface area (Å²) in [6.07, 6.45) is 6.42. The van der Waals surface area contributed by atoms with Crippen LogP contribution in [0.3, 0.4) is 0 Å². The topological polar surface area (TPSA) is 37.3 Å². The van der Waals surface area contributed by atoms with Gasteiger partial charge in [-0.2, -0.15) is 0 Å². The second-order valence-corrected chi connectivity index (χ2v) is 5.78. The van der Waals surface area contributed by atoms with Crippen molar-refractivity contribution in [2.24, 2.45) is 11.3 Å². The largest absolute Gasteiger partial charge is 0.392 e. The van der Waals surface area contributed by atoms with E-state index < -0.39 is 6.10 Å². The number of carbonyl (C=O) groups excluding carboxylic acids is 1. The predicted octanol–water partition coefficient (Wildman–Crippen LogP) is 3.27. The zero-order valence-electron chi connectivity index (χ0n) is 11.2. The molecule has 1 aliphatic rings. The Kier molecular flexibility index (Phi) is 4.70. The Hall–Kier alpha value is -0.890. The van der Waals surface area contributed by atoms with E-state index in [2.05, 4.69) is 25.7 Å². The molecule has 1 N–H and O–H groups in total. The molecule has 0 heterocycles. The van der Waals surface area contributed by atoms with Gasteiger partial charge >= 0.3 is 0 Å². The number of aliphatic hydroxyl groups excluding tert-OH is 1. The molecule has 0 unspecified atom stereocenters. The van der Waals surface area contributed by atoms with Crippen molar-refractivity contribution in [1.29, 1.82) is 0 Å². The molecule has 96 valence electrons. The molecule has 0 radical (unpaired) electrons. The Bertz CT molecular complexity index is 326. The van der Waals surface area contributed by atoms with E-state index >= 15 is 0 Å². The Morgan fingerprint density at radius 2 is 2.00 bits per heavy atom. The Morgan fingerprint density at radius 1 is 1.35 bits per heavy atom. The average molecular weight is 236 g/mol. The number of Topliss-reactive ketones (excluding diaryl/α,β-unsaturated/α-hetero) is 1. The summed E-state index contributed by atoms with van der Waals surface area (Å²) in [6.45, 7) is 9.99. The maximum atomic E-state index is 11.8. The summed E-state index contributed by atoms with van der Waals surface area (Å²) in [4.78, 5) is 11.8. The van der Waals surface area contributed by atoms with E-state index in [0.717, 1.165) is 6.42 Å². The molecule has 1 aliphatic carbocycles. The van der Waals surface area contributed by atoms with Crippen LogP contribution in [0, 0.1) is 11.3 Å². The van der Waals surface area contributed by atoms with E-state index in [-0.39, 0.29) is 11.2 Å². The van der Waals surface area contributed by atoms with Crippen molar-refractivity contribution in [2.75, 3.05) is 0 Å². The van der Waals surface area contributed by atoms with Gasteiger partial charge in [0.25, 0.3) is 0 Å². The molecule has 0 aliphatic heterocycles. The lowest BCUT2D eigenvalue weighted by atomic mass is 9.82. The number of allylic oxidation sites excluding steroid dienone is 2. The second-order valence-electron chi connectivity index (χ2n) is 5.78. The van der Waals surface area contributed by atoms with Gasteiger partial charge in [-0.1, -0.05) is 39.5 Å². The quantitative estimate of drug-likeness (QED) is 0.518. The van der Waals surface area contributed by atoms with Crippen molar-refractivity contribution in [1.82, 2.24) is 0 Å². The molecule has 2 atom stereocenters. The molecule has 0 aromatic heterocycles. The predicted molar refractivity (Wildman–Crippen MR) is 70.7 cm³/mol. The summed E-state index contributed by atoms with van der Waals surface area (Å²) in [7, 11) is 0. The second kappa shape index (κ2) is 5.63. The van der Waals surface area contributed by atoms with Crippen LogP contribution < -0.4 is 0 Å². The van der Waals surface area contributed by atoms with Gasteiger partial charge in [0.1, 0.15) is 0 Å². The summed E-state index contributed by atoms with van der Waals surface area (Å²) < 4.78 is 0. The van der Waals surface area contributed by atoms with Crippen LogP contribution in [0.1, 0.15) is 46.5 Å². The first-order valence-corrected chi connectivity index (χ1v) is 6.41. The standard InChI is InChI=1S/C15H24O2/c1-11-5-7-13(16)12(2)6-8-14(17)15(3,4)10-9-11/h9-11,14,17H,2,5-8H2,1,3-4H3/b10-9-/t11-,14+/m0/s1. The van der Waals surface area contributed by atoms with E-state index in [4.69, 9.17) is 0 Å². The van der Waals surface area contributed by atoms with Gasteiger partial charge in [-0.25, -0.2) is 0 Å². The van der Waals surface area contributed by atoms with Gasteiger partial charge in [-0.3, -0.25) is 4.79 Å². The molecule has 0 aromatic carbocycles. The molecular formula is C15H24O2. The van der Waals surface area contributed by atoms with Crippen molar-refractivity contribution in [3.63, 3.8) is 0 Å². The van der Waals surface area contributed by atoms with Crippen LogP contribution in [-0.4, -0.2) is 17.0 Å². The minimum Gasteiger partial charge on any atom is -0.392 e. The van der Waals surface area contributed by atoms with Crippen molar-refractivity contribution in [2.45, 2.75) is 52.6 Å². The van der Waals surface area contributed by atoms with Gasteiger partial charge in [0, 0.05) is 11.8 Å². The molecule has 0 saturated carbocycles. The lowest BCUT2D eigenvalue weighted by Gasteiger charge is -2.27. The van der Waals surface area contributed by atoms with Gasteiger partial charge in [-0.15, -0.1) is 0 Å². The zero-order valence-corrected chi connectivity index (χ0v) is 11.2. The van der Waals surface area contributed by atoms with E-state index in [0.29, 0.717) is 30.8 Å². The fourth-order valence-electron chi connectivity index (χ4n) is 1.98. The smallest absolute Gasteiger partial charge is 0.158 e. The first kappa shape index (κ1) is 14.2. The minimum atomic E-state index is -0.423. The third kappa shape index (κ3) is 4.12. The van der Waals surface area contributed by atoms with Crippen LogP contribution in [0.2, 0.25) is 0 Å². The van der Waals surface area contributed by atoms with Crippen molar-refractivity contribution in [3.05, 3.63) is 24.3 Å². The lowest BCUT2D eigenvalue weighted by Crippen LogP contribution is -2.27. The molecule has 0 amide bonds.